The van der Waals surface area contributed by atoms with Crippen LogP contribution in [0.3, 0.4) is 0 Å². The van der Waals surface area contributed by atoms with Gasteiger partial charge < -0.3 is 10.5 Å². The predicted molar refractivity (Wildman–Crippen MR) is 112 cm³/mol. The number of hydrogen-bond acceptors (Lipinski definition) is 3. The van der Waals surface area contributed by atoms with E-state index in [0.717, 1.165) is 11.5 Å². The largest absolute Gasteiger partial charge is 0.494 e. The highest BCUT2D eigenvalue weighted by atomic mass is 32.2. The topological polar surface area (TPSA) is 35.2 Å². The second-order valence-corrected chi connectivity index (χ2v) is 7.32. The van der Waals surface area contributed by atoms with Crippen molar-refractivity contribution >= 4 is 11.8 Å². The Balaban J connectivity index is 2.19. The van der Waals surface area contributed by atoms with Gasteiger partial charge in [-0.05, 0) is 35.7 Å². The maximum Gasteiger partial charge on any atom is 0.119 e. The Hall–Kier alpha value is -2.23. The van der Waals surface area contributed by atoms with Crippen LogP contribution in [0.1, 0.15) is 23.6 Å². The maximum absolute atomic E-state index is 5.89. The van der Waals surface area contributed by atoms with Crippen molar-refractivity contribution in [1.82, 2.24) is 0 Å². The summed E-state index contributed by atoms with van der Waals surface area (Å²) in [6.07, 6.45) is 0. The van der Waals surface area contributed by atoms with Gasteiger partial charge in [-0.15, -0.1) is 11.8 Å². The maximum atomic E-state index is 5.89. The van der Waals surface area contributed by atoms with Crippen molar-refractivity contribution < 1.29 is 4.74 Å². The van der Waals surface area contributed by atoms with Crippen molar-refractivity contribution in [3.8, 4) is 5.75 Å². The van der Waals surface area contributed by atoms with E-state index in [1.807, 2.05) is 18.7 Å². The van der Waals surface area contributed by atoms with Crippen LogP contribution in [0.15, 0.2) is 84.9 Å². The minimum absolute atomic E-state index is 0.299. The molecule has 0 aromatic heterocycles. The third-order valence-corrected chi connectivity index (χ3v) is 5.95. The smallest absolute Gasteiger partial charge is 0.119 e. The molecule has 2 N–H and O–H groups in total. The van der Waals surface area contributed by atoms with Crippen molar-refractivity contribution in [2.45, 2.75) is 11.7 Å². The summed E-state index contributed by atoms with van der Waals surface area (Å²) in [6.45, 7) is 3.32. The average molecular weight is 364 g/mol. The number of nitrogens with two attached hydrogens (primary N) is 1. The van der Waals surface area contributed by atoms with Gasteiger partial charge in [0.15, 0.2) is 0 Å². The molecule has 2 nitrogen and oxygen atoms in total. The average Bonchev–Trinajstić information content (AvgIpc) is 2.71. The molecule has 134 valence electrons. The molecule has 0 amide bonds. The zero-order chi connectivity index (χ0) is 18.2. The Morgan fingerprint density at radius 1 is 0.769 bits per heavy atom. The lowest BCUT2D eigenvalue weighted by atomic mass is 9.84. The molecule has 0 saturated carbocycles. The third-order valence-electron chi connectivity index (χ3n) is 4.37. The van der Waals surface area contributed by atoms with Crippen LogP contribution in [-0.2, 0) is 4.75 Å². The Labute approximate surface area is 160 Å². The molecule has 0 aliphatic carbocycles. The Morgan fingerprint density at radius 2 is 1.27 bits per heavy atom. The van der Waals surface area contributed by atoms with Gasteiger partial charge in [-0.25, -0.2) is 0 Å². The molecule has 3 rings (SSSR count). The number of benzene rings is 3. The summed E-state index contributed by atoms with van der Waals surface area (Å²) in [5.41, 5.74) is 9.64. The van der Waals surface area contributed by atoms with Crippen molar-refractivity contribution in [2.75, 3.05) is 18.9 Å². The summed E-state index contributed by atoms with van der Waals surface area (Å²) in [4.78, 5) is 0. The monoisotopic (exact) mass is 363 g/mol. The van der Waals surface area contributed by atoms with E-state index >= 15 is 0 Å². The van der Waals surface area contributed by atoms with Gasteiger partial charge in [-0.3, -0.25) is 0 Å². The molecule has 0 atom stereocenters. The second kappa shape index (κ2) is 8.93. The summed E-state index contributed by atoms with van der Waals surface area (Å²) in [5, 5.41) is 0. The van der Waals surface area contributed by atoms with E-state index in [2.05, 4.69) is 84.9 Å². The lowest BCUT2D eigenvalue weighted by molar-refractivity contribution is 0.340. The first-order valence-electron chi connectivity index (χ1n) is 8.99. The molecule has 3 aromatic carbocycles. The van der Waals surface area contributed by atoms with Gasteiger partial charge in [-0.2, -0.15) is 0 Å². The van der Waals surface area contributed by atoms with Crippen LogP contribution >= 0.6 is 11.8 Å². The first-order valence-corrected chi connectivity index (χ1v) is 9.98. The fraction of sp³-hybridized carbons (Fsp3) is 0.217. The minimum Gasteiger partial charge on any atom is -0.494 e. The third kappa shape index (κ3) is 3.79. The van der Waals surface area contributed by atoms with Crippen LogP contribution in [0.4, 0.5) is 0 Å². The fourth-order valence-corrected chi connectivity index (χ4v) is 4.59. The van der Waals surface area contributed by atoms with Crippen LogP contribution < -0.4 is 10.5 Å². The lowest BCUT2D eigenvalue weighted by Crippen LogP contribution is -2.27. The van der Waals surface area contributed by atoms with Crippen LogP contribution in [0.2, 0.25) is 0 Å². The quantitative estimate of drug-likeness (QED) is 0.568. The van der Waals surface area contributed by atoms with E-state index in [4.69, 9.17) is 10.5 Å². The summed E-state index contributed by atoms with van der Waals surface area (Å²) < 4.78 is 5.34. The molecular weight excluding hydrogens is 338 g/mol. The second-order valence-electron chi connectivity index (χ2n) is 6.01. The van der Waals surface area contributed by atoms with Crippen LogP contribution in [0.5, 0.6) is 5.75 Å². The van der Waals surface area contributed by atoms with Gasteiger partial charge in [0, 0.05) is 12.3 Å². The highest BCUT2D eigenvalue weighted by Crippen LogP contribution is 2.48. The molecule has 3 aromatic rings. The van der Waals surface area contributed by atoms with Gasteiger partial charge >= 0.3 is 0 Å². The summed E-state index contributed by atoms with van der Waals surface area (Å²) in [7, 11) is 0. The zero-order valence-corrected chi connectivity index (χ0v) is 15.9. The molecule has 0 unspecified atom stereocenters. The van der Waals surface area contributed by atoms with Gasteiger partial charge in [0.2, 0.25) is 0 Å². The minimum atomic E-state index is -0.299. The SMILES string of the molecule is CCOc1ccc(C(SCCN)(c2ccccc2)c2ccccc2)cc1. The Bertz CT molecular complexity index is 748. The van der Waals surface area contributed by atoms with E-state index in [0.29, 0.717) is 13.2 Å². The van der Waals surface area contributed by atoms with Crippen molar-refractivity contribution in [2.24, 2.45) is 5.73 Å². The van der Waals surface area contributed by atoms with E-state index in [1.165, 1.54) is 16.7 Å². The Morgan fingerprint density at radius 3 is 1.73 bits per heavy atom. The molecule has 0 heterocycles. The summed E-state index contributed by atoms with van der Waals surface area (Å²) in [5.74, 6) is 1.77. The number of rotatable bonds is 8. The molecule has 0 bridgehead atoms. The van der Waals surface area contributed by atoms with Gasteiger partial charge in [0.1, 0.15) is 5.75 Å². The van der Waals surface area contributed by atoms with E-state index < -0.39 is 0 Å². The van der Waals surface area contributed by atoms with Crippen LogP contribution in [0.25, 0.3) is 0 Å². The Kier molecular flexibility index (Phi) is 6.37. The fourth-order valence-electron chi connectivity index (χ4n) is 3.26. The standard InChI is InChI=1S/C23H25NOS/c1-2-25-22-15-13-21(14-16-22)23(26-18-17-24,19-9-5-3-6-10-19)20-11-7-4-8-12-20/h3-16H,2,17-18,24H2,1H3. The van der Waals surface area contributed by atoms with E-state index in [1.54, 1.807) is 0 Å². The molecule has 0 aliphatic rings. The van der Waals surface area contributed by atoms with Gasteiger partial charge in [-0.1, -0.05) is 72.8 Å². The zero-order valence-electron chi connectivity index (χ0n) is 15.1. The molecule has 0 aliphatic heterocycles. The number of ether oxygens (including phenoxy) is 1. The van der Waals surface area contributed by atoms with E-state index in [9.17, 15) is 0 Å². The van der Waals surface area contributed by atoms with E-state index in [-0.39, 0.29) is 4.75 Å². The highest BCUT2D eigenvalue weighted by molar-refractivity contribution is 8.00. The number of hydrogen-bond donors (Lipinski definition) is 1. The predicted octanol–water partition coefficient (Wildman–Crippen LogP) is 5.07. The number of thioether (sulfide) groups is 1. The molecule has 0 radical (unpaired) electrons. The first-order chi connectivity index (χ1) is 12.8. The highest BCUT2D eigenvalue weighted by Gasteiger charge is 2.36. The molecule has 3 heteroatoms. The van der Waals surface area contributed by atoms with Crippen molar-refractivity contribution in [3.05, 3.63) is 102 Å². The molecular formula is C23H25NOS. The van der Waals surface area contributed by atoms with Gasteiger partial charge in [0.25, 0.3) is 0 Å². The van der Waals surface area contributed by atoms with Crippen molar-refractivity contribution in [1.29, 1.82) is 0 Å². The first kappa shape index (κ1) is 18.6. The summed E-state index contributed by atoms with van der Waals surface area (Å²) >= 11 is 1.88. The van der Waals surface area contributed by atoms with Gasteiger partial charge in [0.05, 0.1) is 11.4 Å². The molecule has 0 fully saturated rings. The molecule has 0 spiro atoms. The van der Waals surface area contributed by atoms with Crippen molar-refractivity contribution in [3.63, 3.8) is 0 Å². The van der Waals surface area contributed by atoms with Crippen LogP contribution in [0, 0.1) is 0 Å². The van der Waals surface area contributed by atoms with Crippen LogP contribution in [-0.4, -0.2) is 18.9 Å². The molecule has 26 heavy (non-hydrogen) atoms. The lowest BCUT2D eigenvalue weighted by Gasteiger charge is -2.35. The molecule has 0 saturated heterocycles. The summed E-state index contributed by atoms with van der Waals surface area (Å²) in [6, 6.07) is 29.8. The normalized spacial score (nSPS) is 11.3.